The van der Waals surface area contributed by atoms with Crippen LogP contribution in [0.4, 0.5) is 0 Å². The van der Waals surface area contributed by atoms with E-state index in [2.05, 4.69) is 39.9 Å². The number of nitrogens with one attached hydrogen (secondary N) is 1. The largest absolute Gasteiger partial charge is 0.342 e. The molecule has 0 aliphatic rings. The predicted octanol–water partition coefficient (Wildman–Crippen LogP) is 1.97. The Balaban J connectivity index is 1.95. The Morgan fingerprint density at radius 2 is 2.28 bits per heavy atom. The van der Waals surface area contributed by atoms with E-state index < -0.39 is 0 Å². The van der Waals surface area contributed by atoms with Crippen LogP contribution in [0, 0.1) is 12.8 Å². The molecule has 0 saturated carbocycles. The number of hydrogen-bond donors (Lipinski definition) is 1. The maximum absolute atomic E-state index is 4.98. The molecular formula is C13H20N4O. The molecule has 0 saturated heterocycles. The summed E-state index contributed by atoms with van der Waals surface area (Å²) in [5.74, 6) is 1.98. The van der Waals surface area contributed by atoms with Gasteiger partial charge in [0.1, 0.15) is 0 Å². The van der Waals surface area contributed by atoms with Crippen LogP contribution < -0.4 is 5.32 Å². The first-order valence-corrected chi connectivity index (χ1v) is 6.29. The van der Waals surface area contributed by atoms with Gasteiger partial charge in [0.05, 0.1) is 6.54 Å². The van der Waals surface area contributed by atoms with Crippen LogP contribution in [-0.2, 0) is 13.1 Å². The number of hydrogen-bond acceptors (Lipinski definition) is 4. The van der Waals surface area contributed by atoms with Crippen molar-refractivity contribution in [3.05, 3.63) is 35.7 Å². The Labute approximate surface area is 107 Å². The fourth-order valence-electron chi connectivity index (χ4n) is 1.81. The molecular weight excluding hydrogens is 228 g/mol. The second-order valence-electron chi connectivity index (χ2n) is 4.88. The predicted molar refractivity (Wildman–Crippen MR) is 69.1 cm³/mol. The molecule has 5 heteroatoms. The minimum atomic E-state index is 0.608. The Morgan fingerprint density at radius 3 is 2.94 bits per heavy atom. The van der Waals surface area contributed by atoms with Crippen molar-refractivity contribution in [1.82, 2.24) is 20.0 Å². The molecule has 0 unspecified atom stereocenters. The smallest absolute Gasteiger partial charge is 0.223 e. The fraction of sp³-hybridized carbons (Fsp3) is 0.538. The minimum Gasteiger partial charge on any atom is -0.342 e. The molecule has 0 bridgehead atoms. The van der Waals surface area contributed by atoms with Gasteiger partial charge in [0.25, 0.3) is 0 Å². The third-order valence-corrected chi connectivity index (χ3v) is 2.66. The molecule has 0 fully saturated rings. The van der Waals surface area contributed by atoms with Gasteiger partial charge in [-0.1, -0.05) is 19.0 Å². The van der Waals surface area contributed by atoms with E-state index in [-0.39, 0.29) is 0 Å². The second-order valence-corrected chi connectivity index (χ2v) is 4.88. The van der Waals surface area contributed by atoms with Gasteiger partial charge in [-0.25, -0.2) is 0 Å². The molecule has 0 radical (unpaired) electrons. The van der Waals surface area contributed by atoms with Crippen molar-refractivity contribution < 1.29 is 4.52 Å². The first kappa shape index (κ1) is 12.8. The molecule has 2 rings (SSSR count). The minimum absolute atomic E-state index is 0.608. The molecule has 98 valence electrons. The van der Waals surface area contributed by atoms with E-state index in [0.717, 1.165) is 13.1 Å². The maximum Gasteiger partial charge on any atom is 0.223 e. The highest BCUT2D eigenvalue weighted by Crippen LogP contribution is 2.06. The molecule has 2 aromatic rings. The zero-order chi connectivity index (χ0) is 13.0. The average molecular weight is 248 g/mol. The maximum atomic E-state index is 4.98. The molecule has 2 heterocycles. The summed E-state index contributed by atoms with van der Waals surface area (Å²) in [5.41, 5.74) is 1.23. The van der Waals surface area contributed by atoms with Crippen molar-refractivity contribution >= 4 is 0 Å². The number of nitrogens with zero attached hydrogens (tertiary/aromatic N) is 3. The summed E-state index contributed by atoms with van der Waals surface area (Å²) in [6.45, 7) is 8.75. The molecule has 0 atom stereocenters. The second kappa shape index (κ2) is 5.82. The molecule has 18 heavy (non-hydrogen) atoms. The molecule has 1 N–H and O–H groups in total. The summed E-state index contributed by atoms with van der Waals surface area (Å²) in [4.78, 5) is 4.22. The van der Waals surface area contributed by atoms with Gasteiger partial charge >= 0.3 is 0 Å². The molecule has 0 amide bonds. The fourth-order valence-corrected chi connectivity index (χ4v) is 1.81. The number of aryl methyl sites for hydroxylation is 1. The lowest BCUT2D eigenvalue weighted by Crippen LogP contribution is -2.21. The zero-order valence-corrected chi connectivity index (χ0v) is 11.2. The van der Waals surface area contributed by atoms with Gasteiger partial charge in [-0.05, 0) is 24.6 Å². The molecule has 0 aliphatic carbocycles. The van der Waals surface area contributed by atoms with Crippen LogP contribution in [0.5, 0.6) is 0 Å². The van der Waals surface area contributed by atoms with Crippen molar-refractivity contribution in [1.29, 1.82) is 0 Å². The molecule has 2 aromatic heterocycles. The quantitative estimate of drug-likeness (QED) is 0.849. The highest BCUT2D eigenvalue weighted by molar-refractivity contribution is 5.08. The van der Waals surface area contributed by atoms with Crippen LogP contribution in [0.25, 0.3) is 0 Å². The van der Waals surface area contributed by atoms with Crippen molar-refractivity contribution in [2.24, 2.45) is 5.92 Å². The average Bonchev–Trinajstić information content (AvgIpc) is 2.89. The summed E-state index contributed by atoms with van der Waals surface area (Å²) in [7, 11) is 0. The van der Waals surface area contributed by atoms with E-state index in [0.29, 0.717) is 24.2 Å². The molecule has 0 aromatic carbocycles. The zero-order valence-electron chi connectivity index (χ0n) is 11.2. The normalized spacial score (nSPS) is 11.3. The summed E-state index contributed by atoms with van der Waals surface area (Å²) >= 11 is 0. The Bertz CT molecular complexity index is 487. The van der Waals surface area contributed by atoms with Crippen molar-refractivity contribution in [2.75, 3.05) is 6.54 Å². The highest BCUT2D eigenvalue weighted by Gasteiger charge is 2.06. The number of rotatable bonds is 6. The van der Waals surface area contributed by atoms with Crippen molar-refractivity contribution in [2.45, 2.75) is 33.9 Å². The van der Waals surface area contributed by atoms with E-state index in [1.807, 2.05) is 12.3 Å². The first-order valence-electron chi connectivity index (χ1n) is 6.29. The van der Waals surface area contributed by atoms with Crippen LogP contribution in [-0.4, -0.2) is 21.3 Å². The van der Waals surface area contributed by atoms with Crippen LogP contribution in [0.2, 0.25) is 0 Å². The summed E-state index contributed by atoms with van der Waals surface area (Å²) in [6.07, 6.45) is 2.04. The number of aromatic nitrogens is 3. The summed E-state index contributed by atoms with van der Waals surface area (Å²) < 4.78 is 7.11. The van der Waals surface area contributed by atoms with Crippen LogP contribution >= 0.6 is 0 Å². The molecule has 0 aliphatic heterocycles. The van der Waals surface area contributed by atoms with Gasteiger partial charge in [-0.15, -0.1) is 0 Å². The third-order valence-electron chi connectivity index (χ3n) is 2.66. The van der Waals surface area contributed by atoms with E-state index in [1.165, 1.54) is 5.69 Å². The first-order chi connectivity index (χ1) is 8.65. The van der Waals surface area contributed by atoms with Crippen LogP contribution in [0.1, 0.15) is 31.3 Å². The van der Waals surface area contributed by atoms with E-state index in [9.17, 15) is 0 Å². The van der Waals surface area contributed by atoms with Gasteiger partial charge in [-0.2, -0.15) is 4.98 Å². The lowest BCUT2D eigenvalue weighted by Gasteiger charge is -2.10. The van der Waals surface area contributed by atoms with Crippen LogP contribution in [0.3, 0.4) is 0 Å². The lowest BCUT2D eigenvalue weighted by atomic mass is 10.2. The van der Waals surface area contributed by atoms with Crippen molar-refractivity contribution in [3.8, 4) is 0 Å². The van der Waals surface area contributed by atoms with Crippen molar-refractivity contribution in [3.63, 3.8) is 0 Å². The van der Waals surface area contributed by atoms with E-state index in [1.54, 1.807) is 6.92 Å². The van der Waals surface area contributed by atoms with E-state index in [4.69, 9.17) is 4.52 Å². The SMILES string of the molecule is Cc1nc(Cn2cccc2CNCC(C)C)no1. The van der Waals surface area contributed by atoms with Gasteiger partial charge in [0.2, 0.25) is 5.89 Å². The molecule has 5 nitrogen and oxygen atoms in total. The topological polar surface area (TPSA) is 55.9 Å². The summed E-state index contributed by atoms with van der Waals surface area (Å²) in [5, 5.41) is 7.35. The van der Waals surface area contributed by atoms with Crippen LogP contribution in [0.15, 0.2) is 22.9 Å². The van der Waals surface area contributed by atoms with E-state index >= 15 is 0 Å². The lowest BCUT2D eigenvalue weighted by molar-refractivity contribution is 0.386. The Kier molecular flexibility index (Phi) is 4.15. The Morgan fingerprint density at radius 1 is 1.44 bits per heavy atom. The van der Waals surface area contributed by atoms with Gasteiger partial charge < -0.3 is 14.4 Å². The van der Waals surface area contributed by atoms with Gasteiger partial charge in [0.15, 0.2) is 5.82 Å². The third kappa shape index (κ3) is 3.43. The highest BCUT2D eigenvalue weighted by atomic mass is 16.5. The molecule has 0 spiro atoms. The van der Waals surface area contributed by atoms with Gasteiger partial charge in [-0.3, -0.25) is 0 Å². The monoisotopic (exact) mass is 248 g/mol. The standard InChI is InChI=1S/C13H20N4O/c1-10(2)7-14-8-12-5-4-6-17(12)9-13-15-11(3)18-16-13/h4-6,10,14H,7-9H2,1-3H3. The summed E-state index contributed by atoms with van der Waals surface area (Å²) in [6, 6.07) is 4.15. The Hall–Kier alpha value is -1.62. The van der Waals surface area contributed by atoms with Gasteiger partial charge in [0, 0.05) is 25.4 Å².